The lowest BCUT2D eigenvalue weighted by Gasteiger charge is -2.58. The predicted octanol–water partition coefficient (Wildman–Crippen LogP) is 4.77. The van der Waals surface area contributed by atoms with Crippen LogP contribution < -0.4 is 0 Å². The number of hydrogen-bond acceptors (Lipinski definition) is 2. The second kappa shape index (κ2) is 5.92. The minimum absolute atomic E-state index is 0.0600. The zero-order chi connectivity index (χ0) is 18.0. The van der Waals surface area contributed by atoms with Gasteiger partial charge in [-0.2, -0.15) is 0 Å². The first-order valence-electron chi connectivity index (χ1n) is 10.2. The van der Waals surface area contributed by atoms with E-state index in [0.717, 1.165) is 50.5 Å². The molecule has 7 atom stereocenters. The van der Waals surface area contributed by atoms with Gasteiger partial charge in [-0.1, -0.05) is 32.4 Å². The number of aliphatic hydroxyl groups is 2. The summed E-state index contributed by atoms with van der Waals surface area (Å²) in [5.74, 6) is 1.92. The molecule has 3 heteroatoms. The molecule has 0 bridgehead atoms. The Labute approximate surface area is 151 Å². The van der Waals surface area contributed by atoms with Crippen molar-refractivity contribution in [3.8, 4) is 0 Å². The maximum absolute atomic E-state index is 14.3. The molecule has 0 aromatic heterocycles. The second-order valence-corrected chi connectivity index (χ2v) is 9.75. The maximum Gasteiger partial charge on any atom is 0.125 e. The van der Waals surface area contributed by atoms with Gasteiger partial charge < -0.3 is 10.2 Å². The van der Waals surface area contributed by atoms with Gasteiger partial charge in [0.05, 0.1) is 12.7 Å². The molecule has 0 spiro atoms. The molecule has 3 saturated carbocycles. The molecule has 4 aliphatic rings. The standard InChI is InChI=1S/C22H33FO2/c1-13-11-22(3)14(10-20(13)25)4-5-15-16-6-7-18(19(23)12-24)21(16,2)9-8-17(15)22/h4,13,15-17,20,24-25H,5-12H2,1-3H3/t13-,15?,16?,17?,20?,21?,22?/m1/s1. The van der Waals surface area contributed by atoms with E-state index in [9.17, 15) is 14.6 Å². The summed E-state index contributed by atoms with van der Waals surface area (Å²) in [6.07, 6.45) is 9.32. The largest absolute Gasteiger partial charge is 0.393 e. The number of rotatable bonds is 1. The molecule has 4 aliphatic carbocycles. The van der Waals surface area contributed by atoms with Crippen LogP contribution in [-0.2, 0) is 0 Å². The molecule has 2 nitrogen and oxygen atoms in total. The quantitative estimate of drug-likeness (QED) is 0.670. The molecule has 0 aliphatic heterocycles. The fourth-order valence-electron chi connectivity index (χ4n) is 7.34. The van der Waals surface area contributed by atoms with Crippen LogP contribution in [0.5, 0.6) is 0 Å². The van der Waals surface area contributed by atoms with Gasteiger partial charge in [0, 0.05) is 0 Å². The number of halogens is 1. The topological polar surface area (TPSA) is 40.5 Å². The molecule has 4 rings (SSSR count). The monoisotopic (exact) mass is 348 g/mol. The van der Waals surface area contributed by atoms with Crippen molar-refractivity contribution in [2.45, 2.75) is 71.8 Å². The molecule has 0 aromatic rings. The highest BCUT2D eigenvalue weighted by Crippen LogP contribution is 2.66. The Bertz CT molecular complexity index is 624. The first-order valence-corrected chi connectivity index (χ1v) is 10.2. The third-order valence-electron chi connectivity index (χ3n) is 8.71. The summed E-state index contributed by atoms with van der Waals surface area (Å²) in [4.78, 5) is 0. The summed E-state index contributed by atoms with van der Waals surface area (Å²) in [6.45, 7) is 6.43. The van der Waals surface area contributed by atoms with Crippen LogP contribution in [0, 0.1) is 34.5 Å². The lowest BCUT2D eigenvalue weighted by atomic mass is 9.47. The maximum atomic E-state index is 14.3. The second-order valence-electron chi connectivity index (χ2n) is 9.75. The van der Waals surface area contributed by atoms with Gasteiger partial charge in [-0.05, 0) is 85.0 Å². The van der Waals surface area contributed by atoms with Crippen molar-refractivity contribution < 1.29 is 14.6 Å². The molecule has 140 valence electrons. The predicted molar refractivity (Wildman–Crippen MR) is 97.5 cm³/mol. The van der Waals surface area contributed by atoms with Gasteiger partial charge in [0.15, 0.2) is 0 Å². The van der Waals surface area contributed by atoms with E-state index in [1.54, 1.807) is 0 Å². The SMILES string of the molecule is C[C@@H]1CC2(C)C(=CCC3C2CCC2(C)C(=C(F)CO)CCC32)CC1O. The fourth-order valence-corrected chi connectivity index (χ4v) is 7.34. The normalized spacial score (nSPS) is 51.3. The lowest BCUT2D eigenvalue weighted by Crippen LogP contribution is -2.51. The van der Waals surface area contributed by atoms with Crippen LogP contribution in [0.2, 0.25) is 0 Å². The summed E-state index contributed by atoms with van der Waals surface area (Å²) >= 11 is 0. The van der Waals surface area contributed by atoms with Crippen molar-refractivity contribution >= 4 is 0 Å². The van der Waals surface area contributed by atoms with E-state index in [4.69, 9.17) is 0 Å². The summed E-state index contributed by atoms with van der Waals surface area (Å²) in [5.41, 5.74) is 2.55. The molecule has 0 heterocycles. The number of hydrogen-bond donors (Lipinski definition) is 2. The number of aliphatic hydroxyl groups excluding tert-OH is 2. The van der Waals surface area contributed by atoms with Gasteiger partial charge >= 0.3 is 0 Å². The number of fused-ring (bicyclic) bond motifs is 5. The van der Waals surface area contributed by atoms with E-state index in [0.29, 0.717) is 23.7 Å². The van der Waals surface area contributed by atoms with E-state index in [-0.39, 0.29) is 22.8 Å². The Morgan fingerprint density at radius 1 is 1.24 bits per heavy atom. The van der Waals surface area contributed by atoms with Crippen molar-refractivity contribution in [3.63, 3.8) is 0 Å². The molecule has 0 radical (unpaired) electrons. The third-order valence-corrected chi connectivity index (χ3v) is 8.71. The number of allylic oxidation sites excluding steroid dienone is 2. The molecule has 0 amide bonds. The summed E-state index contributed by atoms with van der Waals surface area (Å²) in [7, 11) is 0. The zero-order valence-corrected chi connectivity index (χ0v) is 15.9. The average molecular weight is 349 g/mol. The Hall–Kier alpha value is -0.670. The van der Waals surface area contributed by atoms with E-state index in [2.05, 4.69) is 26.8 Å². The summed E-state index contributed by atoms with van der Waals surface area (Å²) in [6, 6.07) is 0. The van der Waals surface area contributed by atoms with Crippen LogP contribution >= 0.6 is 0 Å². The first kappa shape index (κ1) is 17.7. The van der Waals surface area contributed by atoms with Gasteiger partial charge in [0.2, 0.25) is 0 Å². The van der Waals surface area contributed by atoms with Crippen LogP contribution in [0.1, 0.15) is 65.7 Å². The van der Waals surface area contributed by atoms with Gasteiger partial charge in [0.1, 0.15) is 5.83 Å². The van der Waals surface area contributed by atoms with Crippen LogP contribution in [0.3, 0.4) is 0 Å². The van der Waals surface area contributed by atoms with Crippen molar-refractivity contribution in [1.82, 2.24) is 0 Å². The minimum Gasteiger partial charge on any atom is -0.393 e. The Morgan fingerprint density at radius 2 is 1.96 bits per heavy atom. The first-order chi connectivity index (χ1) is 11.8. The van der Waals surface area contributed by atoms with Gasteiger partial charge in [0.25, 0.3) is 0 Å². The van der Waals surface area contributed by atoms with Gasteiger partial charge in [-0.15, -0.1) is 0 Å². The molecule has 6 unspecified atom stereocenters. The minimum atomic E-state index is -0.442. The van der Waals surface area contributed by atoms with E-state index >= 15 is 0 Å². The fraction of sp³-hybridized carbons (Fsp3) is 0.818. The van der Waals surface area contributed by atoms with E-state index < -0.39 is 6.61 Å². The van der Waals surface area contributed by atoms with Crippen LogP contribution in [0.4, 0.5) is 4.39 Å². The molecule has 2 N–H and O–H groups in total. The van der Waals surface area contributed by atoms with Crippen LogP contribution in [-0.4, -0.2) is 22.9 Å². The molecular formula is C22H33FO2. The van der Waals surface area contributed by atoms with E-state index in [1.165, 1.54) is 5.57 Å². The Balaban J connectivity index is 1.68. The molecular weight excluding hydrogens is 315 g/mol. The van der Waals surface area contributed by atoms with Crippen LogP contribution in [0.25, 0.3) is 0 Å². The van der Waals surface area contributed by atoms with Crippen molar-refractivity contribution in [3.05, 3.63) is 23.0 Å². The van der Waals surface area contributed by atoms with Crippen molar-refractivity contribution in [2.75, 3.05) is 6.61 Å². The van der Waals surface area contributed by atoms with Crippen molar-refractivity contribution in [1.29, 1.82) is 0 Å². The van der Waals surface area contributed by atoms with E-state index in [1.807, 2.05) is 0 Å². The summed E-state index contributed by atoms with van der Waals surface area (Å²) < 4.78 is 14.3. The Morgan fingerprint density at radius 3 is 2.68 bits per heavy atom. The van der Waals surface area contributed by atoms with Gasteiger partial charge in [-0.3, -0.25) is 0 Å². The molecule has 3 fully saturated rings. The molecule has 25 heavy (non-hydrogen) atoms. The Kier molecular flexibility index (Phi) is 4.20. The van der Waals surface area contributed by atoms with Crippen molar-refractivity contribution in [2.24, 2.45) is 34.5 Å². The highest BCUT2D eigenvalue weighted by molar-refractivity contribution is 5.30. The lowest BCUT2D eigenvalue weighted by molar-refractivity contribution is -0.0431. The summed E-state index contributed by atoms with van der Waals surface area (Å²) in [5, 5.41) is 19.6. The molecule has 0 saturated heterocycles. The molecule has 0 aromatic carbocycles. The zero-order valence-electron chi connectivity index (χ0n) is 15.9. The highest BCUT2D eigenvalue weighted by Gasteiger charge is 2.58. The smallest absolute Gasteiger partial charge is 0.125 e. The van der Waals surface area contributed by atoms with Crippen LogP contribution in [0.15, 0.2) is 23.0 Å². The highest BCUT2D eigenvalue weighted by atomic mass is 19.1. The third kappa shape index (κ3) is 2.41. The average Bonchev–Trinajstić information content (AvgIpc) is 2.93. The van der Waals surface area contributed by atoms with Gasteiger partial charge in [-0.25, -0.2) is 4.39 Å².